The molecule has 1 fully saturated rings. The molecule has 1 unspecified atom stereocenters. The van der Waals surface area contributed by atoms with Gasteiger partial charge in [0.2, 0.25) is 0 Å². The second-order valence-corrected chi connectivity index (χ2v) is 7.71. The highest BCUT2D eigenvalue weighted by atomic mass is 16.6. The van der Waals surface area contributed by atoms with E-state index in [4.69, 9.17) is 4.74 Å². The largest absolute Gasteiger partial charge is 0.445 e. The van der Waals surface area contributed by atoms with Crippen LogP contribution in [0.2, 0.25) is 0 Å². The lowest BCUT2D eigenvalue weighted by molar-refractivity contribution is -0.123. The second-order valence-electron chi connectivity index (χ2n) is 7.71. The highest BCUT2D eigenvalue weighted by Crippen LogP contribution is 2.27. The Morgan fingerprint density at radius 3 is 2.38 bits per heavy atom. The number of hydrazine groups is 1. The van der Waals surface area contributed by atoms with Crippen molar-refractivity contribution in [1.29, 1.82) is 0 Å². The van der Waals surface area contributed by atoms with Gasteiger partial charge >= 0.3 is 6.09 Å². The molecule has 3 aromatic carbocycles. The Balaban J connectivity index is 1.48. The molecular weight excluding hydrogens is 402 g/mol. The van der Waals surface area contributed by atoms with Gasteiger partial charge in [0.15, 0.2) is 0 Å². The van der Waals surface area contributed by atoms with Gasteiger partial charge in [0, 0.05) is 13.6 Å². The van der Waals surface area contributed by atoms with Gasteiger partial charge in [-0.05, 0) is 41.7 Å². The molecule has 6 nitrogen and oxygen atoms in total. The number of anilines is 1. The van der Waals surface area contributed by atoms with E-state index < -0.39 is 12.1 Å². The Bertz CT molecular complexity index is 1060. The SMILES string of the molecule is CNN(C(=O)C1CCCN1C(=O)OCc1ccccc1)c1cccc(-c2ccccc2)c1. The molecule has 1 N–H and O–H groups in total. The molecule has 0 aliphatic carbocycles. The molecule has 0 bridgehead atoms. The molecule has 1 saturated heterocycles. The fourth-order valence-corrected chi connectivity index (χ4v) is 4.01. The number of likely N-dealkylation sites (tertiary alicyclic amines) is 1. The molecule has 2 amide bonds. The van der Waals surface area contributed by atoms with Crippen molar-refractivity contribution in [2.45, 2.75) is 25.5 Å². The van der Waals surface area contributed by atoms with E-state index in [0.29, 0.717) is 13.0 Å². The van der Waals surface area contributed by atoms with Crippen LogP contribution in [0.15, 0.2) is 84.9 Å². The molecule has 0 radical (unpaired) electrons. The quantitative estimate of drug-likeness (QED) is 0.581. The average Bonchev–Trinajstić information content (AvgIpc) is 3.35. The highest BCUT2D eigenvalue weighted by molar-refractivity contribution is 5.98. The first-order valence-corrected chi connectivity index (χ1v) is 10.8. The summed E-state index contributed by atoms with van der Waals surface area (Å²) in [6, 6.07) is 26.8. The molecule has 4 rings (SSSR count). The zero-order valence-corrected chi connectivity index (χ0v) is 18.1. The van der Waals surface area contributed by atoms with Crippen LogP contribution in [-0.4, -0.2) is 36.5 Å². The Kier molecular flexibility index (Phi) is 6.82. The van der Waals surface area contributed by atoms with Crippen LogP contribution >= 0.6 is 0 Å². The van der Waals surface area contributed by atoms with Crippen molar-refractivity contribution < 1.29 is 14.3 Å². The number of hydrogen-bond donors (Lipinski definition) is 1. The molecule has 3 aromatic rings. The molecule has 164 valence electrons. The van der Waals surface area contributed by atoms with Crippen LogP contribution in [0, 0.1) is 0 Å². The second kappa shape index (κ2) is 10.1. The summed E-state index contributed by atoms with van der Waals surface area (Å²) in [6.07, 6.45) is 0.910. The molecule has 0 spiro atoms. The topological polar surface area (TPSA) is 61.9 Å². The van der Waals surface area contributed by atoms with Crippen molar-refractivity contribution in [2.24, 2.45) is 0 Å². The highest BCUT2D eigenvalue weighted by Gasteiger charge is 2.38. The third kappa shape index (κ3) is 4.81. The van der Waals surface area contributed by atoms with Gasteiger partial charge < -0.3 is 4.74 Å². The summed E-state index contributed by atoms with van der Waals surface area (Å²) in [4.78, 5) is 27.7. The first-order valence-electron chi connectivity index (χ1n) is 10.8. The van der Waals surface area contributed by atoms with Gasteiger partial charge in [0.1, 0.15) is 12.6 Å². The van der Waals surface area contributed by atoms with Gasteiger partial charge in [-0.25, -0.2) is 15.2 Å². The van der Waals surface area contributed by atoms with Crippen molar-refractivity contribution in [3.63, 3.8) is 0 Å². The van der Waals surface area contributed by atoms with Gasteiger partial charge in [-0.2, -0.15) is 0 Å². The summed E-state index contributed by atoms with van der Waals surface area (Å²) < 4.78 is 5.48. The number of amides is 2. The minimum absolute atomic E-state index is 0.174. The molecule has 1 aliphatic heterocycles. The number of carbonyl (C=O) groups excluding carboxylic acids is 2. The van der Waals surface area contributed by atoms with E-state index in [1.807, 2.05) is 84.9 Å². The van der Waals surface area contributed by atoms with Crippen LogP contribution in [-0.2, 0) is 16.1 Å². The lowest BCUT2D eigenvalue weighted by atomic mass is 10.0. The molecule has 1 atom stereocenters. The summed E-state index contributed by atoms with van der Waals surface area (Å²) in [5.74, 6) is -0.174. The van der Waals surface area contributed by atoms with Crippen LogP contribution in [0.25, 0.3) is 11.1 Å². The van der Waals surface area contributed by atoms with Crippen molar-refractivity contribution in [2.75, 3.05) is 18.6 Å². The molecule has 1 heterocycles. The van der Waals surface area contributed by atoms with E-state index in [1.165, 1.54) is 9.91 Å². The third-order valence-electron chi connectivity index (χ3n) is 5.63. The molecular formula is C26H27N3O3. The average molecular weight is 430 g/mol. The van der Waals surface area contributed by atoms with E-state index in [-0.39, 0.29) is 12.5 Å². The zero-order chi connectivity index (χ0) is 22.3. The van der Waals surface area contributed by atoms with Gasteiger partial charge in [-0.15, -0.1) is 0 Å². The van der Waals surface area contributed by atoms with E-state index >= 15 is 0 Å². The van der Waals surface area contributed by atoms with Crippen molar-refractivity contribution in [3.05, 3.63) is 90.5 Å². The third-order valence-corrected chi connectivity index (χ3v) is 5.63. The number of ether oxygens (including phenoxy) is 1. The predicted molar refractivity (Wildman–Crippen MR) is 125 cm³/mol. The molecule has 0 aromatic heterocycles. The van der Waals surface area contributed by atoms with Crippen molar-refractivity contribution in [3.8, 4) is 11.1 Å². The Morgan fingerprint density at radius 1 is 0.969 bits per heavy atom. The summed E-state index contributed by atoms with van der Waals surface area (Å²) in [7, 11) is 1.71. The van der Waals surface area contributed by atoms with E-state index in [1.54, 1.807) is 7.05 Å². The van der Waals surface area contributed by atoms with Crippen LogP contribution in [0.4, 0.5) is 10.5 Å². The summed E-state index contributed by atoms with van der Waals surface area (Å²) in [5.41, 5.74) is 6.73. The predicted octanol–water partition coefficient (Wildman–Crippen LogP) is 4.62. The first kappa shape index (κ1) is 21.6. The fourth-order valence-electron chi connectivity index (χ4n) is 4.01. The summed E-state index contributed by atoms with van der Waals surface area (Å²) in [5, 5.41) is 1.51. The number of carbonyl (C=O) groups is 2. The molecule has 0 saturated carbocycles. The maximum atomic E-state index is 13.4. The Morgan fingerprint density at radius 2 is 1.66 bits per heavy atom. The number of nitrogens with one attached hydrogen (secondary N) is 1. The van der Waals surface area contributed by atoms with Gasteiger partial charge in [-0.3, -0.25) is 9.69 Å². The molecule has 6 heteroatoms. The molecule has 32 heavy (non-hydrogen) atoms. The van der Waals surface area contributed by atoms with Crippen LogP contribution in [0.3, 0.4) is 0 Å². The Labute approximate surface area is 188 Å². The van der Waals surface area contributed by atoms with E-state index in [2.05, 4.69) is 5.43 Å². The molecule has 1 aliphatic rings. The van der Waals surface area contributed by atoms with Crippen LogP contribution in [0.1, 0.15) is 18.4 Å². The van der Waals surface area contributed by atoms with E-state index in [0.717, 1.165) is 28.8 Å². The standard InChI is InChI=1S/C26H27N3O3/c1-27-29(23-15-8-14-22(18-23)21-12-6-3-7-13-21)25(30)24-16-9-17-28(24)26(31)32-19-20-10-4-2-5-11-20/h2-8,10-15,18,24,27H,9,16-17,19H2,1H3. The van der Waals surface area contributed by atoms with E-state index in [9.17, 15) is 9.59 Å². The fraction of sp³-hybridized carbons (Fsp3) is 0.231. The minimum Gasteiger partial charge on any atom is -0.445 e. The zero-order valence-electron chi connectivity index (χ0n) is 18.1. The monoisotopic (exact) mass is 429 g/mol. The van der Waals surface area contributed by atoms with Gasteiger partial charge in [-0.1, -0.05) is 72.8 Å². The summed E-state index contributed by atoms with van der Waals surface area (Å²) in [6.45, 7) is 0.692. The van der Waals surface area contributed by atoms with Gasteiger partial charge in [0.05, 0.1) is 5.69 Å². The number of rotatable bonds is 6. The maximum absolute atomic E-state index is 13.4. The lowest BCUT2D eigenvalue weighted by Gasteiger charge is -2.29. The van der Waals surface area contributed by atoms with Crippen LogP contribution in [0.5, 0.6) is 0 Å². The Hall–Kier alpha value is -3.64. The minimum atomic E-state index is -0.564. The number of hydrogen-bond acceptors (Lipinski definition) is 4. The number of benzene rings is 3. The number of nitrogens with zero attached hydrogens (tertiary/aromatic N) is 2. The van der Waals surface area contributed by atoms with Gasteiger partial charge in [0.25, 0.3) is 5.91 Å². The maximum Gasteiger partial charge on any atom is 0.410 e. The lowest BCUT2D eigenvalue weighted by Crippen LogP contribution is -2.52. The smallest absolute Gasteiger partial charge is 0.410 e. The van der Waals surface area contributed by atoms with Crippen molar-refractivity contribution >= 4 is 17.7 Å². The summed E-state index contributed by atoms with van der Waals surface area (Å²) >= 11 is 0. The van der Waals surface area contributed by atoms with Crippen LogP contribution < -0.4 is 10.4 Å². The van der Waals surface area contributed by atoms with Crippen molar-refractivity contribution in [1.82, 2.24) is 10.3 Å². The first-order chi connectivity index (χ1) is 15.7. The normalized spacial score (nSPS) is 15.4.